The van der Waals surface area contributed by atoms with E-state index in [0.717, 1.165) is 6.42 Å². The van der Waals surface area contributed by atoms with Gasteiger partial charge in [-0.25, -0.2) is 0 Å². The first kappa shape index (κ1) is 13.7. The van der Waals surface area contributed by atoms with Gasteiger partial charge in [-0.1, -0.05) is 38.1 Å². The van der Waals surface area contributed by atoms with Crippen molar-refractivity contribution >= 4 is 5.97 Å². The summed E-state index contributed by atoms with van der Waals surface area (Å²) in [4.78, 5) is 10.6. The molecule has 3 heteroatoms. The van der Waals surface area contributed by atoms with Gasteiger partial charge >= 0.3 is 5.97 Å². The number of benzene rings is 1. The van der Waals surface area contributed by atoms with Crippen molar-refractivity contribution < 1.29 is 9.90 Å². The van der Waals surface area contributed by atoms with Crippen LogP contribution in [-0.4, -0.2) is 23.7 Å². The van der Waals surface area contributed by atoms with Gasteiger partial charge in [0.2, 0.25) is 0 Å². The van der Waals surface area contributed by atoms with Crippen LogP contribution in [0.25, 0.3) is 0 Å². The van der Waals surface area contributed by atoms with Crippen LogP contribution in [-0.2, 0) is 11.2 Å². The Morgan fingerprint density at radius 2 is 1.82 bits per heavy atom. The first-order chi connectivity index (χ1) is 8.00. The van der Waals surface area contributed by atoms with Gasteiger partial charge in [-0.3, -0.25) is 4.79 Å². The largest absolute Gasteiger partial charge is 0.480 e. The van der Waals surface area contributed by atoms with Gasteiger partial charge in [-0.15, -0.1) is 0 Å². The lowest BCUT2D eigenvalue weighted by molar-refractivity contribution is -0.138. The van der Waals surface area contributed by atoms with Gasteiger partial charge in [0.1, 0.15) is 6.04 Å². The summed E-state index contributed by atoms with van der Waals surface area (Å²) in [5.74, 6) is -0.255. The molecule has 0 aliphatic carbocycles. The molecule has 0 spiro atoms. The van der Waals surface area contributed by atoms with Crippen LogP contribution in [0.3, 0.4) is 0 Å². The fourth-order valence-electron chi connectivity index (χ4n) is 1.59. The molecule has 1 aromatic rings. The first-order valence-electron chi connectivity index (χ1n) is 6.05. The van der Waals surface area contributed by atoms with Crippen LogP contribution in [0, 0.1) is 0 Å². The second-order valence-electron chi connectivity index (χ2n) is 4.66. The maximum Gasteiger partial charge on any atom is 0.320 e. The smallest absolute Gasteiger partial charge is 0.320 e. The lowest BCUT2D eigenvalue weighted by Gasteiger charge is -2.10. The molecular formula is C14H21NO2. The predicted molar refractivity (Wildman–Crippen MR) is 69.3 cm³/mol. The topological polar surface area (TPSA) is 49.3 Å². The van der Waals surface area contributed by atoms with Crippen molar-refractivity contribution in [1.29, 1.82) is 0 Å². The molecule has 0 aromatic heterocycles. The summed E-state index contributed by atoms with van der Waals surface area (Å²) in [5.41, 5.74) is 2.57. The minimum absolute atomic E-state index is 0.482. The average molecular weight is 235 g/mol. The maximum absolute atomic E-state index is 10.6. The Balaban J connectivity index is 2.40. The molecule has 3 nitrogen and oxygen atoms in total. The summed E-state index contributed by atoms with van der Waals surface area (Å²) in [5, 5.41) is 11.7. The second kappa shape index (κ2) is 6.40. The third kappa shape index (κ3) is 4.57. The van der Waals surface area contributed by atoms with Gasteiger partial charge < -0.3 is 10.4 Å². The highest BCUT2D eigenvalue weighted by Gasteiger charge is 2.08. The second-order valence-corrected chi connectivity index (χ2v) is 4.66. The molecule has 0 heterocycles. The molecule has 0 bridgehead atoms. The van der Waals surface area contributed by atoms with Crippen LogP contribution < -0.4 is 5.32 Å². The van der Waals surface area contributed by atoms with Crippen LogP contribution in [0.4, 0.5) is 0 Å². The highest BCUT2D eigenvalue weighted by molar-refractivity contribution is 5.72. The van der Waals surface area contributed by atoms with Gasteiger partial charge in [0.05, 0.1) is 0 Å². The summed E-state index contributed by atoms with van der Waals surface area (Å²) in [6, 6.07) is 8.02. The monoisotopic (exact) mass is 235 g/mol. The third-order valence-electron chi connectivity index (χ3n) is 2.88. The minimum atomic E-state index is -0.805. The zero-order chi connectivity index (χ0) is 12.8. The summed E-state index contributed by atoms with van der Waals surface area (Å²) < 4.78 is 0. The molecule has 17 heavy (non-hydrogen) atoms. The van der Waals surface area contributed by atoms with Gasteiger partial charge in [0.25, 0.3) is 0 Å². The van der Waals surface area contributed by atoms with E-state index in [0.29, 0.717) is 12.5 Å². The Hall–Kier alpha value is -1.35. The quantitative estimate of drug-likeness (QED) is 0.796. The van der Waals surface area contributed by atoms with E-state index in [1.165, 1.54) is 11.1 Å². The van der Waals surface area contributed by atoms with E-state index in [-0.39, 0.29) is 0 Å². The number of carboxylic acid groups (broad SMARTS) is 1. The van der Waals surface area contributed by atoms with Crippen LogP contribution in [0.2, 0.25) is 0 Å². The SMILES string of the molecule is CC(C)c1ccc(CCN[C@@H](C)C(=O)O)cc1. The summed E-state index contributed by atoms with van der Waals surface area (Å²) in [6.45, 7) is 6.69. The van der Waals surface area contributed by atoms with Crippen molar-refractivity contribution in [3.8, 4) is 0 Å². The molecule has 1 aromatic carbocycles. The van der Waals surface area contributed by atoms with Crippen molar-refractivity contribution in [3.63, 3.8) is 0 Å². The van der Waals surface area contributed by atoms with Gasteiger partial charge in [0.15, 0.2) is 0 Å². The van der Waals surface area contributed by atoms with Crippen LogP contribution in [0.15, 0.2) is 24.3 Å². The molecule has 0 unspecified atom stereocenters. The van der Waals surface area contributed by atoms with Crippen molar-refractivity contribution in [2.45, 2.75) is 39.2 Å². The van der Waals surface area contributed by atoms with E-state index in [1.807, 2.05) is 0 Å². The first-order valence-corrected chi connectivity index (χ1v) is 6.05. The summed E-state index contributed by atoms with van der Waals surface area (Å²) >= 11 is 0. The zero-order valence-electron chi connectivity index (χ0n) is 10.7. The Kier molecular flexibility index (Phi) is 5.16. The summed E-state index contributed by atoms with van der Waals surface area (Å²) in [6.07, 6.45) is 0.857. The average Bonchev–Trinajstić information content (AvgIpc) is 2.29. The molecule has 94 valence electrons. The van der Waals surface area contributed by atoms with Crippen molar-refractivity contribution in [3.05, 3.63) is 35.4 Å². The number of carbonyl (C=O) groups is 1. The highest BCUT2D eigenvalue weighted by atomic mass is 16.4. The van der Waals surface area contributed by atoms with Crippen LogP contribution >= 0.6 is 0 Å². The third-order valence-corrected chi connectivity index (χ3v) is 2.88. The molecule has 0 aliphatic rings. The van der Waals surface area contributed by atoms with Crippen molar-refractivity contribution in [2.75, 3.05) is 6.54 Å². The van der Waals surface area contributed by atoms with E-state index in [2.05, 4.69) is 43.4 Å². The Morgan fingerprint density at radius 1 is 1.24 bits per heavy atom. The molecule has 0 fully saturated rings. The normalized spacial score (nSPS) is 12.7. The molecule has 1 rings (SSSR count). The molecule has 0 amide bonds. The standard InChI is InChI=1S/C14H21NO2/c1-10(2)13-6-4-12(5-7-13)8-9-15-11(3)14(16)17/h4-7,10-11,15H,8-9H2,1-3H3,(H,16,17)/t11-/m0/s1. The van der Waals surface area contributed by atoms with E-state index in [9.17, 15) is 4.79 Å². The highest BCUT2D eigenvalue weighted by Crippen LogP contribution is 2.14. The molecule has 2 N–H and O–H groups in total. The van der Waals surface area contributed by atoms with E-state index in [4.69, 9.17) is 5.11 Å². The fraction of sp³-hybridized carbons (Fsp3) is 0.500. The number of hydrogen-bond donors (Lipinski definition) is 2. The number of rotatable bonds is 6. The number of aliphatic carboxylic acids is 1. The Bertz CT molecular complexity index is 357. The lowest BCUT2D eigenvalue weighted by atomic mass is 10.0. The summed E-state index contributed by atoms with van der Waals surface area (Å²) in [7, 11) is 0. The molecule has 0 saturated heterocycles. The molecular weight excluding hydrogens is 214 g/mol. The lowest BCUT2D eigenvalue weighted by Crippen LogP contribution is -2.34. The van der Waals surface area contributed by atoms with Crippen molar-refractivity contribution in [1.82, 2.24) is 5.32 Å². The Morgan fingerprint density at radius 3 is 2.29 bits per heavy atom. The number of hydrogen-bond acceptors (Lipinski definition) is 2. The van der Waals surface area contributed by atoms with Crippen LogP contribution in [0.5, 0.6) is 0 Å². The predicted octanol–water partition coefficient (Wildman–Crippen LogP) is 2.42. The molecule has 0 radical (unpaired) electrons. The number of nitrogens with one attached hydrogen (secondary N) is 1. The van der Waals surface area contributed by atoms with Gasteiger partial charge in [0, 0.05) is 0 Å². The fourth-order valence-corrected chi connectivity index (χ4v) is 1.59. The van der Waals surface area contributed by atoms with Crippen LogP contribution in [0.1, 0.15) is 37.8 Å². The number of carboxylic acids is 1. The van der Waals surface area contributed by atoms with E-state index >= 15 is 0 Å². The van der Waals surface area contributed by atoms with Gasteiger partial charge in [-0.05, 0) is 36.9 Å². The van der Waals surface area contributed by atoms with E-state index in [1.54, 1.807) is 6.92 Å². The molecule has 1 atom stereocenters. The van der Waals surface area contributed by atoms with Gasteiger partial charge in [-0.2, -0.15) is 0 Å². The minimum Gasteiger partial charge on any atom is -0.480 e. The Labute approximate surface area is 103 Å². The van der Waals surface area contributed by atoms with E-state index < -0.39 is 12.0 Å². The molecule has 0 saturated carbocycles. The molecule has 0 aliphatic heterocycles. The van der Waals surface area contributed by atoms with Crippen molar-refractivity contribution in [2.24, 2.45) is 0 Å². The maximum atomic E-state index is 10.6. The zero-order valence-corrected chi connectivity index (χ0v) is 10.7.